The van der Waals surface area contributed by atoms with Crippen LogP contribution in [0.3, 0.4) is 0 Å². The van der Waals surface area contributed by atoms with Crippen molar-refractivity contribution in [1.29, 1.82) is 0 Å². The number of rotatable bonds is 9. The Morgan fingerprint density at radius 2 is 1.56 bits per heavy atom. The molecular formula is C14H30N2O2. The van der Waals surface area contributed by atoms with Crippen molar-refractivity contribution in [2.24, 2.45) is 5.73 Å². The Labute approximate surface area is 112 Å². The van der Waals surface area contributed by atoms with Crippen LogP contribution in [-0.2, 0) is 9.47 Å². The normalized spacial score (nSPS) is 24.7. The van der Waals surface area contributed by atoms with E-state index in [1.54, 1.807) is 0 Å². The monoisotopic (exact) mass is 258 g/mol. The highest BCUT2D eigenvalue weighted by Gasteiger charge is 2.27. The molecule has 1 aliphatic carbocycles. The summed E-state index contributed by atoms with van der Waals surface area (Å²) in [4.78, 5) is 2.47. The van der Waals surface area contributed by atoms with Gasteiger partial charge in [-0.3, -0.25) is 4.90 Å². The molecule has 0 bridgehead atoms. The number of hydrogen-bond acceptors (Lipinski definition) is 4. The van der Waals surface area contributed by atoms with Gasteiger partial charge in [0.05, 0.1) is 13.2 Å². The van der Waals surface area contributed by atoms with Gasteiger partial charge in [-0.1, -0.05) is 12.8 Å². The smallest absolute Gasteiger partial charge is 0.0593 e. The second-order valence-corrected chi connectivity index (χ2v) is 4.95. The second kappa shape index (κ2) is 9.73. The molecule has 4 heteroatoms. The highest BCUT2D eigenvalue weighted by atomic mass is 16.5. The van der Waals surface area contributed by atoms with Gasteiger partial charge in [-0.15, -0.1) is 0 Å². The lowest BCUT2D eigenvalue weighted by Crippen LogP contribution is -2.51. The molecule has 1 saturated carbocycles. The molecule has 2 N–H and O–H groups in total. The molecule has 108 valence electrons. The van der Waals surface area contributed by atoms with Crippen LogP contribution in [0.2, 0.25) is 0 Å². The Balaban J connectivity index is 2.40. The van der Waals surface area contributed by atoms with Crippen LogP contribution >= 0.6 is 0 Å². The molecule has 0 amide bonds. The highest BCUT2D eigenvalue weighted by Crippen LogP contribution is 2.21. The summed E-state index contributed by atoms with van der Waals surface area (Å²) in [6.07, 6.45) is 4.96. The van der Waals surface area contributed by atoms with E-state index in [0.29, 0.717) is 12.1 Å². The first-order valence-electron chi connectivity index (χ1n) is 7.44. The average molecular weight is 258 g/mol. The maximum atomic E-state index is 6.27. The zero-order chi connectivity index (χ0) is 13.2. The third kappa shape index (κ3) is 5.65. The van der Waals surface area contributed by atoms with Gasteiger partial charge in [0.1, 0.15) is 0 Å². The van der Waals surface area contributed by atoms with Crippen molar-refractivity contribution in [3.63, 3.8) is 0 Å². The first-order chi connectivity index (χ1) is 8.79. The molecule has 0 aliphatic heterocycles. The molecule has 1 aliphatic rings. The van der Waals surface area contributed by atoms with Crippen LogP contribution in [0.15, 0.2) is 0 Å². The maximum absolute atomic E-state index is 6.27. The Morgan fingerprint density at radius 1 is 1.00 bits per heavy atom. The molecule has 0 saturated heterocycles. The minimum Gasteiger partial charge on any atom is -0.380 e. The fourth-order valence-corrected chi connectivity index (χ4v) is 2.69. The molecule has 0 spiro atoms. The van der Waals surface area contributed by atoms with E-state index in [-0.39, 0.29) is 0 Å². The van der Waals surface area contributed by atoms with E-state index >= 15 is 0 Å². The second-order valence-electron chi connectivity index (χ2n) is 4.95. The average Bonchev–Trinajstić information content (AvgIpc) is 2.38. The van der Waals surface area contributed by atoms with E-state index in [1.807, 2.05) is 13.8 Å². The number of nitrogens with two attached hydrogens (primary N) is 1. The van der Waals surface area contributed by atoms with E-state index in [2.05, 4.69) is 4.90 Å². The Bertz CT molecular complexity index is 192. The minimum atomic E-state index is 0.321. The molecular weight excluding hydrogens is 228 g/mol. The van der Waals surface area contributed by atoms with Crippen molar-refractivity contribution in [2.45, 2.75) is 51.6 Å². The summed E-state index contributed by atoms with van der Waals surface area (Å²) >= 11 is 0. The van der Waals surface area contributed by atoms with Crippen molar-refractivity contribution < 1.29 is 9.47 Å². The lowest BCUT2D eigenvalue weighted by atomic mass is 9.90. The van der Waals surface area contributed by atoms with Crippen LogP contribution in [-0.4, -0.2) is 56.5 Å². The predicted octanol–water partition coefficient (Wildman–Crippen LogP) is 1.63. The summed E-state index contributed by atoms with van der Waals surface area (Å²) in [5.41, 5.74) is 6.27. The molecule has 0 radical (unpaired) electrons. The number of nitrogens with zero attached hydrogens (tertiary/aromatic N) is 1. The topological polar surface area (TPSA) is 47.7 Å². The molecule has 4 nitrogen and oxygen atoms in total. The maximum Gasteiger partial charge on any atom is 0.0593 e. The quantitative estimate of drug-likeness (QED) is 0.639. The summed E-state index contributed by atoms with van der Waals surface area (Å²) in [7, 11) is 0. The molecule has 1 rings (SSSR count). The summed E-state index contributed by atoms with van der Waals surface area (Å²) < 4.78 is 10.9. The van der Waals surface area contributed by atoms with Crippen molar-refractivity contribution in [1.82, 2.24) is 4.90 Å². The first kappa shape index (κ1) is 15.9. The highest BCUT2D eigenvalue weighted by molar-refractivity contribution is 4.85. The zero-order valence-electron chi connectivity index (χ0n) is 12.1. The van der Waals surface area contributed by atoms with Crippen molar-refractivity contribution in [2.75, 3.05) is 39.5 Å². The van der Waals surface area contributed by atoms with E-state index in [4.69, 9.17) is 15.2 Å². The lowest BCUT2D eigenvalue weighted by molar-refractivity contribution is 0.0472. The van der Waals surface area contributed by atoms with E-state index in [9.17, 15) is 0 Å². The summed E-state index contributed by atoms with van der Waals surface area (Å²) in [6.45, 7) is 9.19. The van der Waals surface area contributed by atoms with E-state index in [1.165, 1.54) is 19.3 Å². The molecule has 0 aromatic carbocycles. The fourth-order valence-electron chi connectivity index (χ4n) is 2.69. The van der Waals surface area contributed by atoms with Gasteiger partial charge in [0.2, 0.25) is 0 Å². The first-order valence-corrected chi connectivity index (χ1v) is 7.44. The van der Waals surface area contributed by atoms with Gasteiger partial charge in [0.25, 0.3) is 0 Å². The van der Waals surface area contributed by atoms with Crippen LogP contribution in [0.25, 0.3) is 0 Å². The Kier molecular flexibility index (Phi) is 8.59. The van der Waals surface area contributed by atoms with Gasteiger partial charge in [-0.05, 0) is 26.7 Å². The Morgan fingerprint density at radius 3 is 2.06 bits per heavy atom. The largest absolute Gasteiger partial charge is 0.380 e. The number of ether oxygens (including phenoxy) is 2. The van der Waals surface area contributed by atoms with Gasteiger partial charge >= 0.3 is 0 Å². The summed E-state index contributed by atoms with van der Waals surface area (Å²) in [5.74, 6) is 0. The standard InChI is InChI=1S/C14H30N2O2/c1-3-17-11-9-16(10-12-18-4-2)14-8-6-5-7-13(14)15/h13-14H,3-12,15H2,1-2H3. The minimum absolute atomic E-state index is 0.321. The summed E-state index contributed by atoms with van der Waals surface area (Å²) in [5, 5.41) is 0. The van der Waals surface area contributed by atoms with E-state index in [0.717, 1.165) is 45.9 Å². The molecule has 0 aromatic heterocycles. The molecule has 2 atom stereocenters. The van der Waals surface area contributed by atoms with Crippen molar-refractivity contribution in [3.8, 4) is 0 Å². The third-order valence-electron chi connectivity index (χ3n) is 3.70. The van der Waals surface area contributed by atoms with Gasteiger partial charge in [-0.25, -0.2) is 0 Å². The van der Waals surface area contributed by atoms with Crippen LogP contribution < -0.4 is 5.73 Å². The van der Waals surface area contributed by atoms with Crippen molar-refractivity contribution >= 4 is 0 Å². The molecule has 1 fully saturated rings. The van der Waals surface area contributed by atoms with Gasteiger partial charge in [0, 0.05) is 38.4 Å². The fraction of sp³-hybridized carbons (Fsp3) is 1.00. The molecule has 0 heterocycles. The van der Waals surface area contributed by atoms with Gasteiger partial charge in [-0.2, -0.15) is 0 Å². The number of hydrogen-bond donors (Lipinski definition) is 1. The van der Waals surface area contributed by atoms with Crippen LogP contribution in [0, 0.1) is 0 Å². The van der Waals surface area contributed by atoms with Crippen molar-refractivity contribution in [3.05, 3.63) is 0 Å². The van der Waals surface area contributed by atoms with Crippen LogP contribution in [0.1, 0.15) is 39.5 Å². The third-order valence-corrected chi connectivity index (χ3v) is 3.70. The molecule has 18 heavy (non-hydrogen) atoms. The van der Waals surface area contributed by atoms with Gasteiger partial charge in [0.15, 0.2) is 0 Å². The van der Waals surface area contributed by atoms with Crippen LogP contribution in [0.5, 0.6) is 0 Å². The molecule has 2 unspecified atom stereocenters. The SMILES string of the molecule is CCOCCN(CCOCC)C1CCCCC1N. The predicted molar refractivity (Wildman–Crippen MR) is 74.8 cm³/mol. The van der Waals surface area contributed by atoms with Crippen LogP contribution in [0.4, 0.5) is 0 Å². The van der Waals surface area contributed by atoms with E-state index < -0.39 is 0 Å². The lowest BCUT2D eigenvalue weighted by Gasteiger charge is -2.38. The summed E-state index contributed by atoms with van der Waals surface area (Å²) in [6, 6.07) is 0.835. The zero-order valence-corrected chi connectivity index (χ0v) is 12.1. The van der Waals surface area contributed by atoms with Gasteiger partial charge < -0.3 is 15.2 Å². The molecule has 0 aromatic rings. The Hall–Kier alpha value is -0.160.